The molecule has 9 heteroatoms. The van der Waals surface area contributed by atoms with E-state index < -0.39 is 6.09 Å². The zero-order chi connectivity index (χ0) is 24.8. The molecule has 186 valence electrons. The van der Waals surface area contributed by atoms with Gasteiger partial charge in [0.1, 0.15) is 10.8 Å². The fraction of sp³-hybridized carbons (Fsp3) is 0.423. The quantitative estimate of drug-likeness (QED) is 0.417. The Morgan fingerprint density at radius 3 is 2.57 bits per heavy atom. The summed E-state index contributed by atoms with van der Waals surface area (Å²) in [6.07, 6.45) is 5.47. The minimum Gasteiger partial charge on any atom is -0.497 e. The van der Waals surface area contributed by atoms with Crippen LogP contribution < -0.4 is 15.6 Å². The van der Waals surface area contributed by atoms with E-state index in [1.807, 2.05) is 42.6 Å². The van der Waals surface area contributed by atoms with E-state index in [1.54, 1.807) is 25.4 Å². The summed E-state index contributed by atoms with van der Waals surface area (Å²) in [5, 5.41) is 2.94. The van der Waals surface area contributed by atoms with Gasteiger partial charge in [-0.15, -0.1) is 11.3 Å². The molecule has 2 heterocycles. The highest BCUT2D eigenvalue weighted by Gasteiger charge is 2.23. The van der Waals surface area contributed by atoms with Crippen molar-refractivity contribution in [2.24, 2.45) is 5.92 Å². The van der Waals surface area contributed by atoms with Gasteiger partial charge >= 0.3 is 6.09 Å². The number of methoxy groups -OCH3 is 1. The molecule has 1 aromatic carbocycles. The number of hydrogen-bond acceptors (Lipinski definition) is 6. The van der Waals surface area contributed by atoms with Gasteiger partial charge in [0.15, 0.2) is 0 Å². The summed E-state index contributed by atoms with van der Waals surface area (Å²) < 4.78 is 12.3. The summed E-state index contributed by atoms with van der Waals surface area (Å²) in [5.74, 6) is 0.987. The Balaban J connectivity index is 1.64. The van der Waals surface area contributed by atoms with Gasteiger partial charge in [0.05, 0.1) is 30.7 Å². The molecular formula is C26H32N4O4S. The number of nitrogens with one attached hydrogen (secondary N) is 2. The van der Waals surface area contributed by atoms with Crippen LogP contribution in [-0.2, 0) is 11.3 Å². The van der Waals surface area contributed by atoms with Crippen LogP contribution >= 0.6 is 11.3 Å². The monoisotopic (exact) mass is 496 g/mol. The van der Waals surface area contributed by atoms with Crippen LogP contribution in [0.25, 0.3) is 22.0 Å². The molecule has 2 amide bonds. The number of nitrogens with zero attached hydrogens (tertiary/aromatic N) is 2. The molecule has 0 saturated heterocycles. The average Bonchev–Trinajstić information content (AvgIpc) is 3.49. The largest absolute Gasteiger partial charge is 0.497 e. The van der Waals surface area contributed by atoms with E-state index in [1.165, 1.54) is 32.1 Å². The summed E-state index contributed by atoms with van der Waals surface area (Å²) in [6, 6.07) is 9.70. The van der Waals surface area contributed by atoms with Gasteiger partial charge in [0, 0.05) is 23.2 Å². The standard InChI is InChI=1S/C26H32N4O4S/c1-4-34-26(32)29-28-24(31)21-14-23(30(17(21)2)15-18-8-6-5-7-9-18)22-16-35-25(27-22)19-10-12-20(33-3)13-11-19/h10-14,16,18H,4-9,15H2,1-3H3,(H,28,31)(H,29,32). The van der Waals surface area contributed by atoms with Gasteiger partial charge in [-0.3, -0.25) is 10.2 Å². The molecule has 1 aliphatic carbocycles. The first-order valence-corrected chi connectivity index (χ1v) is 12.9. The van der Waals surface area contributed by atoms with E-state index in [9.17, 15) is 9.59 Å². The molecule has 3 aromatic rings. The van der Waals surface area contributed by atoms with E-state index in [4.69, 9.17) is 14.5 Å². The Labute approximate surface area is 209 Å². The lowest BCUT2D eigenvalue weighted by molar-refractivity contribution is 0.0912. The van der Waals surface area contributed by atoms with Crippen molar-refractivity contribution >= 4 is 23.3 Å². The van der Waals surface area contributed by atoms with E-state index in [0.29, 0.717) is 11.5 Å². The third-order valence-electron chi connectivity index (χ3n) is 6.43. The first kappa shape index (κ1) is 24.8. The maximum Gasteiger partial charge on any atom is 0.426 e. The van der Waals surface area contributed by atoms with Gasteiger partial charge < -0.3 is 14.0 Å². The molecule has 0 atom stereocenters. The fourth-order valence-corrected chi connectivity index (χ4v) is 5.37. The summed E-state index contributed by atoms with van der Waals surface area (Å²) >= 11 is 1.57. The van der Waals surface area contributed by atoms with Gasteiger partial charge in [0.25, 0.3) is 5.91 Å². The summed E-state index contributed by atoms with van der Waals surface area (Å²) in [4.78, 5) is 29.5. The zero-order valence-electron chi connectivity index (χ0n) is 20.4. The van der Waals surface area contributed by atoms with Gasteiger partial charge in [-0.25, -0.2) is 15.2 Å². The molecule has 0 aliphatic heterocycles. The number of thiazole rings is 1. The fourth-order valence-electron chi connectivity index (χ4n) is 4.55. The van der Waals surface area contributed by atoms with Crippen LogP contribution in [0.1, 0.15) is 55.1 Å². The van der Waals surface area contributed by atoms with Crippen LogP contribution in [0.5, 0.6) is 5.75 Å². The molecule has 2 N–H and O–H groups in total. The predicted octanol–water partition coefficient (Wildman–Crippen LogP) is 5.57. The highest BCUT2D eigenvalue weighted by atomic mass is 32.1. The molecule has 35 heavy (non-hydrogen) atoms. The van der Waals surface area contributed by atoms with Crippen LogP contribution in [0.2, 0.25) is 0 Å². The highest BCUT2D eigenvalue weighted by Crippen LogP contribution is 2.34. The van der Waals surface area contributed by atoms with E-state index in [-0.39, 0.29) is 12.5 Å². The van der Waals surface area contributed by atoms with E-state index in [0.717, 1.165) is 39.9 Å². The molecule has 4 rings (SSSR count). The summed E-state index contributed by atoms with van der Waals surface area (Å²) in [7, 11) is 1.65. The molecule has 0 unspecified atom stereocenters. The third-order valence-corrected chi connectivity index (χ3v) is 7.33. The SMILES string of the molecule is CCOC(=O)NNC(=O)c1cc(-c2csc(-c3ccc(OC)cc3)n2)n(CC2CCCCC2)c1C. The molecule has 1 aliphatic rings. The van der Waals surface area contributed by atoms with Crippen LogP contribution in [0.15, 0.2) is 35.7 Å². The molecule has 8 nitrogen and oxygen atoms in total. The minimum absolute atomic E-state index is 0.225. The van der Waals surface area contributed by atoms with Gasteiger partial charge in [-0.2, -0.15) is 0 Å². The zero-order valence-corrected chi connectivity index (χ0v) is 21.2. The third kappa shape index (κ3) is 5.85. The van der Waals surface area contributed by atoms with Crippen molar-refractivity contribution in [3.05, 3.63) is 47.0 Å². The molecule has 1 fully saturated rings. The topological polar surface area (TPSA) is 94.5 Å². The number of benzene rings is 1. The minimum atomic E-state index is -0.691. The Morgan fingerprint density at radius 2 is 1.89 bits per heavy atom. The van der Waals surface area contributed by atoms with Crippen molar-refractivity contribution in [2.45, 2.75) is 52.5 Å². The van der Waals surface area contributed by atoms with Crippen LogP contribution in [-0.4, -0.2) is 35.3 Å². The van der Waals surface area contributed by atoms with E-state index in [2.05, 4.69) is 15.4 Å². The molecule has 1 saturated carbocycles. The van der Waals surface area contributed by atoms with Crippen molar-refractivity contribution < 1.29 is 19.1 Å². The molecular weight excluding hydrogens is 464 g/mol. The van der Waals surface area contributed by atoms with Crippen molar-refractivity contribution in [3.63, 3.8) is 0 Å². The van der Waals surface area contributed by atoms with Crippen molar-refractivity contribution in [2.75, 3.05) is 13.7 Å². The number of ether oxygens (including phenoxy) is 2. The van der Waals surface area contributed by atoms with Crippen LogP contribution in [0, 0.1) is 12.8 Å². The second-order valence-corrected chi connectivity index (χ2v) is 9.57. The predicted molar refractivity (Wildman–Crippen MR) is 136 cm³/mol. The lowest BCUT2D eigenvalue weighted by atomic mass is 9.89. The smallest absolute Gasteiger partial charge is 0.426 e. The second-order valence-electron chi connectivity index (χ2n) is 8.71. The van der Waals surface area contributed by atoms with E-state index >= 15 is 0 Å². The number of hydrazine groups is 1. The van der Waals surface area contributed by atoms with Crippen molar-refractivity contribution in [3.8, 4) is 27.7 Å². The van der Waals surface area contributed by atoms with Gasteiger partial charge in [-0.1, -0.05) is 19.3 Å². The number of amides is 2. The Morgan fingerprint density at radius 1 is 1.14 bits per heavy atom. The number of hydrogen-bond donors (Lipinski definition) is 2. The first-order chi connectivity index (χ1) is 17.0. The van der Waals surface area contributed by atoms with Crippen molar-refractivity contribution in [1.82, 2.24) is 20.4 Å². The normalized spacial score (nSPS) is 13.9. The number of carbonyl (C=O) groups excluding carboxylic acids is 2. The highest BCUT2D eigenvalue weighted by molar-refractivity contribution is 7.13. The first-order valence-electron chi connectivity index (χ1n) is 12.0. The lowest BCUT2D eigenvalue weighted by Gasteiger charge is -2.24. The molecule has 0 radical (unpaired) electrons. The Bertz CT molecular complexity index is 1160. The molecule has 0 bridgehead atoms. The summed E-state index contributed by atoms with van der Waals surface area (Å²) in [6.45, 7) is 4.72. The Kier molecular flexibility index (Phi) is 8.07. The van der Waals surface area contributed by atoms with Crippen LogP contribution in [0.3, 0.4) is 0 Å². The maximum absolute atomic E-state index is 12.9. The average molecular weight is 497 g/mol. The lowest BCUT2D eigenvalue weighted by Crippen LogP contribution is -2.42. The van der Waals surface area contributed by atoms with Gasteiger partial charge in [0.2, 0.25) is 0 Å². The summed E-state index contributed by atoms with van der Waals surface area (Å²) in [5.41, 5.74) is 8.87. The number of aromatic nitrogens is 2. The Hall–Kier alpha value is -3.33. The van der Waals surface area contributed by atoms with Crippen LogP contribution in [0.4, 0.5) is 4.79 Å². The molecule has 0 spiro atoms. The van der Waals surface area contributed by atoms with Crippen molar-refractivity contribution in [1.29, 1.82) is 0 Å². The van der Waals surface area contributed by atoms with Gasteiger partial charge in [-0.05, 0) is 62.9 Å². The second kappa shape index (κ2) is 11.4. The number of carbonyl (C=O) groups is 2. The molecule has 2 aromatic heterocycles. The number of rotatable bonds is 7. The maximum atomic E-state index is 12.9.